The number of hydrogen-bond acceptors (Lipinski definition) is 2. The third kappa shape index (κ3) is 2.84. The van der Waals surface area contributed by atoms with E-state index >= 15 is 0 Å². The van der Waals surface area contributed by atoms with Crippen LogP contribution in [0.1, 0.15) is 50.2 Å². The van der Waals surface area contributed by atoms with Crippen LogP contribution in [-0.4, -0.2) is 16.1 Å². The molecule has 20 heavy (non-hydrogen) atoms. The van der Waals surface area contributed by atoms with Gasteiger partial charge >= 0.3 is 0 Å². The minimum atomic E-state index is 0.0530. The maximum absolute atomic E-state index is 9.77. The lowest BCUT2D eigenvalue weighted by atomic mass is 9.60. The van der Waals surface area contributed by atoms with Crippen LogP contribution in [0.2, 0.25) is 0 Å². The normalized spacial score (nSPS) is 32.2. The Morgan fingerprint density at radius 1 is 1.25 bits per heavy atom. The molecule has 0 radical (unpaired) electrons. The Labute approximate surface area is 136 Å². The number of alkyl halides is 1. The van der Waals surface area contributed by atoms with Crippen LogP contribution in [0.5, 0.6) is 5.75 Å². The number of fused-ring (bicyclic) bond motifs is 4. The number of benzene rings is 1. The Balaban J connectivity index is 0.000000704. The van der Waals surface area contributed by atoms with E-state index in [1.807, 2.05) is 17.1 Å². The van der Waals surface area contributed by atoms with Gasteiger partial charge < -0.3 is 10.8 Å². The first-order chi connectivity index (χ1) is 9.61. The summed E-state index contributed by atoms with van der Waals surface area (Å²) < 4.78 is 0. The Kier molecular flexibility index (Phi) is 5.35. The van der Waals surface area contributed by atoms with Gasteiger partial charge in [-0.15, -0.1) is 0 Å². The molecule has 0 spiro atoms. The van der Waals surface area contributed by atoms with Crippen molar-refractivity contribution in [2.45, 2.75) is 56.9 Å². The molecule has 3 N–H and O–H groups in total. The maximum atomic E-state index is 9.77. The van der Waals surface area contributed by atoms with E-state index in [2.05, 4.69) is 35.6 Å². The summed E-state index contributed by atoms with van der Waals surface area (Å²) in [7, 11) is 0. The zero-order valence-electron chi connectivity index (χ0n) is 12.5. The summed E-state index contributed by atoms with van der Waals surface area (Å²) in [4.78, 5) is 1.97. The Hall–Kier alpha value is -0.290. The molecule has 1 aromatic carbocycles. The van der Waals surface area contributed by atoms with Gasteiger partial charge in [0.05, 0.1) is 0 Å². The molecule has 0 aromatic heterocycles. The van der Waals surface area contributed by atoms with Crippen molar-refractivity contribution in [2.75, 3.05) is 4.93 Å². The lowest BCUT2D eigenvalue weighted by Crippen LogP contribution is -2.52. The molecule has 1 aromatic rings. The summed E-state index contributed by atoms with van der Waals surface area (Å²) in [5.41, 5.74) is 9.33. The van der Waals surface area contributed by atoms with E-state index in [9.17, 15) is 5.11 Å². The Morgan fingerprint density at radius 2 is 2.00 bits per heavy atom. The quantitative estimate of drug-likeness (QED) is 0.519. The number of phenolic OH excluding ortho intramolecular Hbond substituents is 1. The van der Waals surface area contributed by atoms with Crippen LogP contribution in [0.3, 0.4) is 0 Å². The second-order valence-electron chi connectivity index (χ2n) is 6.35. The standard InChI is InChI=1S/C16H23NO.CH3I/c1-16-8-4-2-3-5-12(15(16)17)9-11-6-7-13(18)10-14(11)16;1-2/h6-7,10,12,15,18H,2-5,8-9,17H2,1H3;1H3/t12-,15?,16+;/m0./s1. The molecule has 0 amide bonds. The van der Waals surface area contributed by atoms with Gasteiger partial charge in [0.25, 0.3) is 0 Å². The predicted molar refractivity (Wildman–Crippen MR) is 93.7 cm³/mol. The average Bonchev–Trinajstić information content (AvgIpc) is 2.46. The van der Waals surface area contributed by atoms with E-state index < -0.39 is 0 Å². The third-order valence-electron chi connectivity index (χ3n) is 5.21. The van der Waals surface area contributed by atoms with Crippen molar-refractivity contribution >= 4 is 22.6 Å². The average molecular weight is 387 g/mol. The van der Waals surface area contributed by atoms with Crippen LogP contribution in [0.4, 0.5) is 0 Å². The van der Waals surface area contributed by atoms with E-state index in [0.29, 0.717) is 11.7 Å². The van der Waals surface area contributed by atoms with Crippen LogP contribution < -0.4 is 5.73 Å². The summed E-state index contributed by atoms with van der Waals surface area (Å²) in [6, 6.07) is 6.11. The highest BCUT2D eigenvalue weighted by Gasteiger charge is 2.43. The minimum absolute atomic E-state index is 0.0530. The van der Waals surface area contributed by atoms with Gasteiger partial charge in [-0.3, -0.25) is 0 Å². The van der Waals surface area contributed by atoms with Crippen molar-refractivity contribution in [1.29, 1.82) is 0 Å². The fourth-order valence-electron chi connectivity index (χ4n) is 4.04. The first kappa shape index (κ1) is 16.1. The first-order valence-corrected chi connectivity index (χ1v) is 9.73. The van der Waals surface area contributed by atoms with Gasteiger partial charge in [-0.05, 0) is 53.4 Å². The summed E-state index contributed by atoms with van der Waals surface area (Å²) in [5.74, 6) is 0.995. The van der Waals surface area contributed by atoms with E-state index in [1.54, 1.807) is 0 Å². The Bertz CT molecular complexity index is 462. The highest BCUT2D eigenvalue weighted by atomic mass is 127. The van der Waals surface area contributed by atoms with E-state index in [1.165, 1.54) is 36.8 Å². The second kappa shape index (κ2) is 6.65. The summed E-state index contributed by atoms with van der Waals surface area (Å²) in [6.07, 6.45) is 7.41. The molecule has 0 saturated heterocycles. The SMILES string of the molecule is CI.C[C@@]12CCCCC[C@@H](Cc3ccc(O)cc31)C2N. The van der Waals surface area contributed by atoms with Crippen molar-refractivity contribution in [3.05, 3.63) is 29.3 Å². The maximum Gasteiger partial charge on any atom is 0.115 e. The third-order valence-corrected chi connectivity index (χ3v) is 5.21. The van der Waals surface area contributed by atoms with Crippen LogP contribution >= 0.6 is 22.6 Å². The van der Waals surface area contributed by atoms with Crippen LogP contribution in [-0.2, 0) is 11.8 Å². The van der Waals surface area contributed by atoms with Gasteiger partial charge in [-0.1, -0.05) is 54.8 Å². The van der Waals surface area contributed by atoms with Gasteiger partial charge in [-0.25, -0.2) is 0 Å². The zero-order chi connectivity index (χ0) is 14.8. The first-order valence-electron chi connectivity index (χ1n) is 7.57. The predicted octanol–water partition coefficient (Wildman–Crippen LogP) is 4.16. The number of nitrogens with two attached hydrogens (primary N) is 1. The molecule has 2 bridgehead atoms. The molecule has 3 rings (SSSR count). The second-order valence-corrected chi connectivity index (χ2v) is 6.35. The highest BCUT2D eigenvalue weighted by molar-refractivity contribution is 14.1. The number of phenols is 1. The number of aromatic hydroxyl groups is 1. The monoisotopic (exact) mass is 387 g/mol. The van der Waals surface area contributed by atoms with Crippen LogP contribution in [0.15, 0.2) is 18.2 Å². The van der Waals surface area contributed by atoms with Gasteiger partial charge in [0, 0.05) is 11.5 Å². The summed E-state index contributed by atoms with van der Waals surface area (Å²) in [5, 5.41) is 9.77. The number of rotatable bonds is 0. The zero-order valence-corrected chi connectivity index (χ0v) is 14.7. The van der Waals surface area contributed by atoms with E-state index in [0.717, 1.165) is 12.8 Å². The highest BCUT2D eigenvalue weighted by Crippen LogP contribution is 2.46. The molecule has 1 fully saturated rings. The van der Waals surface area contributed by atoms with Crippen molar-refractivity contribution in [1.82, 2.24) is 0 Å². The molecule has 1 saturated carbocycles. The number of halogens is 1. The molecule has 0 aliphatic heterocycles. The van der Waals surface area contributed by atoms with Crippen molar-refractivity contribution in [3.8, 4) is 5.75 Å². The van der Waals surface area contributed by atoms with Crippen molar-refractivity contribution in [2.24, 2.45) is 11.7 Å². The molecule has 2 nitrogen and oxygen atoms in total. The molecular weight excluding hydrogens is 361 g/mol. The van der Waals surface area contributed by atoms with E-state index in [4.69, 9.17) is 5.73 Å². The van der Waals surface area contributed by atoms with Crippen molar-refractivity contribution < 1.29 is 5.11 Å². The van der Waals surface area contributed by atoms with Crippen LogP contribution in [0, 0.1) is 5.92 Å². The van der Waals surface area contributed by atoms with Gasteiger partial charge in [0.15, 0.2) is 0 Å². The molecule has 2 aliphatic rings. The van der Waals surface area contributed by atoms with Gasteiger partial charge in [0.2, 0.25) is 0 Å². The molecule has 3 heteroatoms. The molecule has 1 unspecified atom stereocenters. The molecule has 3 atom stereocenters. The smallest absolute Gasteiger partial charge is 0.115 e. The molecular formula is C17H26INO. The van der Waals surface area contributed by atoms with Gasteiger partial charge in [-0.2, -0.15) is 0 Å². The van der Waals surface area contributed by atoms with E-state index in [-0.39, 0.29) is 11.5 Å². The largest absolute Gasteiger partial charge is 0.508 e. The topological polar surface area (TPSA) is 46.2 Å². The minimum Gasteiger partial charge on any atom is -0.508 e. The number of hydrogen-bond donors (Lipinski definition) is 2. The lowest BCUT2D eigenvalue weighted by Gasteiger charge is -2.47. The Morgan fingerprint density at radius 3 is 2.75 bits per heavy atom. The summed E-state index contributed by atoms with van der Waals surface area (Å²) >= 11 is 2.15. The lowest BCUT2D eigenvalue weighted by molar-refractivity contribution is 0.201. The molecule has 0 heterocycles. The fraction of sp³-hybridized carbons (Fsp3) is 0.647. The van der Waals surface area contributed by atoms with Crippen molar-refractivity contribution in [3.63, 3.8) is 0 Å². The fourth-order valence-corrected chi connectivity index (χ4v) is 4.04. The van der Waals surface area contributed by atoms with Crippen LogP contribution in [0.25, 0.3) is 0 Å². The summed E-state index contributed by atoms with van der Waals surface area (Å²) in [6.45, 7) is 2.30. The van der Waals surface area contributed by atoms with Gasteiger partial charge in [0.1, 0.15) is 5.75 Å². The molecule has 112 valence electrons. The molecule has 2 aliphatic carbocycles.